The first-order valence-electron chi connectivity index (χ1n) is 5.29. The van der Waals surface area contributed by atoms with E-state index >= 15 is 0 Å². The van der Waals surface area contributed by atoms with Gasteiger partial charge in [-0.1, -0.05) is 0 Å². The molecule has 0 atom stereocenters. The van der Waals surface area contributed by atoms with Crippen LogP contribution in [0.3, 0.4) is 0 Å². The van der Waals surface area contributed by atoms with Crippen LogP contribution in [0.15, 0.2) is 0 Å². The summed E-state index contributed by atoms with van der Waals surface area (Å²) in [5.74, 6) is -0.110. The van der Waals surface area contributed by atoms with Crippen LogP contribution in [0.2, 0.25) is 0 Å². The monoisotopic (exact) mass is 224 g/mol. The number of aryl methyl sites for hydroxylation is 2. The second kappa shape index (κ2) is 4.25. The Morgan fingerprint density at radius 3 is 2.44 bits per heavy atom. The molecule has 3 N–H and O–H groups in total. The van der Waals surface area contributed by atoms with Crippen LogP contribution in [0.5, 0.6) is 0 Å². The number of aromatic nitrogens is 2. The van der Waals surface area contributed by atoms with E-state index in [1.54, 1.807) is 4.68 Å². The average Bonchev–Trinajstić information content (AvgIpc) is 2.36. The van der Waals surface area contributed by atoms with Crippen LogP contribution in [0.4, 0.5) is 0 Å². The Balaban J connectivity index is 2.81. The maximum absolute atomic E-state index is 11.9. The SMILES string of the molecule is Cc1nn(C)c(C)c1C(=O)NCC(C)(C)N. The van der Waals surface area contributed by atoms with Crippen molar-refractivity contribution in [1.29, 1.82) is 0 Å². The summed E-state index contributed by atoms with van der Waals surface area (Å²) >= 11 is 0. The van der Waals surface area contributed by atoms with Crippen LogP contribution in [0.1, 0.15) is 35.6 Å². The molecule has 1 heterocycles. The quantitative estimate of drug-likeness (QED) is 0.785. The van der Waals surface area contributed by atoms with E-state index in [1.807, 2.05) is 34.7 Å². The normalized spacial score (nSPS) is 11.6. The Morgan fingerprint density at radius 2 is 2.06 bits per heavy atom. The van der Waals surface area contributed by atoms with Crippen molar-refractivity contribution < 1.29 is 4.79 Å². The zero-order chi connectivity index (χ0) is 12.5. The molecule has 1 aromatic heterocycles. The van der Waals surface area contributed by atoms with Gasteiger partial charge in [-0.25, -0.2) is 0 Å². The summed E-state index contributed by atoms with van der Waals surface area (Å²) < 4.78 is 1.71. The molecule has 0 aliphatic heterocycles. The van der Waals surface area contributed by atoms with Gasteiger partial charge in [0.25, 0.3) is 5.91 Å². The summed E-state index contributed by atoms with van der Waals surface area (Å²) in [6.45, 7) is 7.89. The van der Waals surface area contributed by atoms with Crippen LogP contribution in [-0.2, 0) is 7.05 Å². The third-order valence-corrected chi connectivity index (χ3v) is 2.44. The molecule has 16 heavy (non-hydrogen) atoms. The summed E-state index contributed by atoms with van der Waals surface area (Å²) in [6, 6.07) is 0. The van der Waals surface area contributed by atoms with Crippen LogP contribution >= 0.6 is 0 Å². The molecular weight excluding hydrogens is 204 g/mol. The van der Waals surface area contributed by atoms with E-state index in [4.69, 9.17) is 5.73 Å². The van der Waals surface area contributed by atoms with E-state index in [-0.39, 0.29) is 5.91 Å². The van der Waals surface area contributed by atoms with E-state index in [9.17, 15) is 4.79 Å². The first-order chi connectivity index (χ1) is 7.22. The van der Waals surface area contributed by atoms with E-state index in [0.29, 0.717) is 12.1 Å². The largest absolute Gasteiger partial charge is 0.350 e. The molecule has 0 fully saturated rings. The van der Waals surface area contributed by atoms with Crippen molar-refractivity contribution in [3.63, 3.8) is 0 Å². The zero-order valence-corrected chi connectivity index (χ0v) is 10.6. The predicted octanol–water partition coefficient (Wildman–Crippen LogP) is 0.504. The summed E-state index contributed by atoms with van der Waals surface area (Å²) in [6.07, 6.45) is 0. The highest BCUT2D eigenvalue weighted by atomic mass is 16.1. The standard InChI is InChI=1S/C11H20N4O/c1-7-9(8(2)15(5)14-7)10(16)13-6-11(3,4)12/h6,12H2,1-5H3,(H,13,16). The van der Waals surface area contributed by atoms with Gasteiger partial charge in [0.05, 0.1) is 11.3 Å². The minimum Gasteiger partial charge on any atom is -0.350 e. The van der Waals surface area contributed by atoms with Gasteiger partial charge in [-0.05, 0) is 27.7 Å². The number of carbonyl (C=O) groups is 1. The molecule has 0 unspecified atom stereocenters. The van der Waals surface area contributed by atoms with Crippen molar-refractivity contribution in [3.8, 4) is 0 Å². The van der Waals surface area contributed by atoms with E-state index in [0.717, 1.165) is 11.4 Å². The van der Waals surface area contributed by atoms with Gasteiger partial charge in [0.1, 0.15) is 0 Å². The lowest BCUT2D eigenvalue weighted by molar-refractivity contribution is 0.0944. The highest BCUT2D eigenvalue weighted by Crippen LogP contribution is 2.11. The summed E-state index contributed by atoms with van der Waals surface area (Å²) in [5, 5.41) is 7.02. The van der Waals surface area contributed by atoms with Crippen LogP contribution < -0.4 is 11.1 Å². The molecule has 5 heteroatoms. The number of rotatable bonds is 3. The Kier molecular flexibility index (Phi) is 3.38. The maximum atomic E-state index is 11.9. The number of hydrogen-bond donors (Lipinski definition) is 2. The van der Waals surface area contributed by atoms with Gasteiger partial charge in [-0.2, -0.15) is 5.10 Å². The lowest BCUT2D eigenvalue weighted by atomic mass is 10.1. The van der Waals surface area contributed by atoms with Crippen molar-refractivity contribution in [2.45, 2.75) is 33.2 Å². The van der Waals surface area contributed by atoms with Gasteiger partial charge in [0, 0.05) is 24.8 Å². The van der Waals surface area contributed by atoms with Crippen LogP contribution in [0, 0.1) is 13.8 Å². The molecule has 90 valence electrons. The van der Waals surface area contributed by atoms with Gasteiger partial charge in [-0.15, -0.1) is 0 Å². The number of carbonyl (C=O) groups excluding carboxylic acids is 1. The van der Waals surface area contributed by atoms with Gasteiger partial charge in [-0.3, -0.25) is 9.48 Å². The molecular formula is C11H20N4O. The highest BCUT2D eigenvalue weighted by molar-refractivity contribution is 5.96. The molecule has 0 saturated heterocycles. The Morgan fingerprint density at radius 1 is 1.50 bits per heavy atom. The molecule has 1 amide bonds. The fourth-order valence-electron chi connectivity index (χ4n) is 1.50. The molecule has 5 nitrogen and oxygen atoms in total. The number of hydrogen-bond acceptors (Lipinski definition) is 3. The average molecular weight is 224 g/mol. The maximum Gasteiger partial charge on any atom is 0.255 e. The lowest BCUT2D eigenvalue weighted by Gasteiger charge is -2.18. The zero-order valence-electron chi connectivity index (χ0n) is 10.6. The fraction of sp³-hybridized carbons (Fsp3) is 0.636. The van der Waals surface area contributed by atoms with Crippen molar-refractivity contribution >= 4 is 5.91 Å². The Labute approximate surface area is 96.0 Å². The first kappa shape index (κ1) is 12.7. The van der Waals surface area contributed by atoms with E-state index < -0.39 is 5.54 Å². The molecule has 0 saturated carbocycles. The van der Waals surface area contributed by atoms with Gasteiger partial charge in [0.15, 0.2) is 0 Å². The summed E-state index contributed by atoms with van der Waals surface area (Å²) in [5.41, 5.74) is 7.66. The van der Waals surface area contributed by atoms with Crippen molar-refractivity contribution in [3.05, 3.63) is 17.0 Å². The summed E-state index contributed by atoms with van der Waals surface area (Å²) in [7, 11) is 1.83. The van der Waals surface area contributed by atoms with Gasteiger partial charge in [0.2, 0.25) is 0 Å². The number of amides is 1. The molecule has 1 aromatic rings. The minimum atomic E-state index is -0.403. The van der Waals surface area contributed by atoms with Crippen molar-refractivity contribution in [1.82, 2.24) is 15.1 Å². The second-order valence-electron chi connectivity index (χ2n) is 4.84. The Bertz CT molecular complexity index is 401. The van der Waals surface area contributed by atoms with Gasteiger partial charge >= 0.3 is 0 Å². The number of nitrogens with zero attached hydrogens (tertiary/aromatic N) is 2. The molecule has 0 aromatic carbocycles. The van der Waals surface area contributed by atoms with E-state index in [2.05, 4.69) is 10.4 Å². The third-order valence-electron chi connectivity index (χ3n) is 2.44. The number of nitrogens with two attached hydrogens (primary N) is 1. The van der Waals surface area contributed by atoms with Crippen molar-refractivity contribution in [2.24, 2.45) is 12.8 Å². The Hall–Kier alpha value is -1.36. The summed E-state index contributed by atoms with van der Waals surface area (Å²) in [4.78, 5) is 11.9. The third kappa shape index (κ3) is 2.82. The molecule has 0 aliphatic rings. The highest BCUT2D eigenvalue weighted by Gasteiger charge is 2.19. The molecule has 1 rings (SSSR count). The first-order valence-corrected chi connectivity index (χ1v) is 5.29. The smallest absolute Gasteiger partial charge is 0.255 e. The fourth-order valence-corrected chi connectivity index (χ4v) is 1.50. The topological polar surface area (TPSA) is 72.9 Å². The van der Waals surface area contributed by atoms with E-state index in [1.165, 1.54) is 0 Å². The van der Waals surface area contributed by atoms with Crippen molar-refractivity contribution in [2.75, 3.05) is 6.54 Å². The number of nitrogens with one attached hydrogen (secondary N) is 1. The van der Waals surface area contributed by atoms with Crippen LogP contribution in [-0.4, -0.2) is 27.8 Å². The predicted molar refractivity (Wildman–Crippen MR) is 63.3 cm³/mol. The minimum absolute atomic E-state index is 0.110. The molecule has 0 aliphatic carbocycles. The lowest BCUT2D eigenvalue weighted by Crippen LogP contribution is -2.45. The molecule has 0 bridgehead atoms. The molecule has 0 spiro atoms. The second-order valence-corrected chi connectivity index (χ2v) is 4.84. The van der Waals surface area contributed by atoms with Gasteiger partial charge < -0.3 is 11.1 Å². The van der Waals surface area contributed by atoms with Crippen LogP contribution in [0.25, 0.3) is 0 Å². The molecule has 0 radical (unpaired) electrons.